The Labute approximate surface area is 198 Å². The van der Waals surface area contributed by atoms with Crippen LogP contribution in [0.1, 0.15) is 33.4 Å². The van der Waals surface area contributed by atoms with Crippen LogP contribution in [0.3, 0.4) is 0 Å². The Morgan fingerprint density at radius 2 is 1.06 bits per heavy atom. The summed E-state index contributed by atoms with van der Waals surface area (Å²) in [6.07, 6.45) is 3.57. The summed E-state index contributed by atoms with van der Waals surface area (Å²) in [6, 6.07) is 21.0. The van der Waals surface area contributed by atoms with Crippen molar-refractivity contribution in [3.8, 4) is 45.9 Å². The summed E-state index contributed by atoms with van der Waals surface area (Å²) in [5, 5.41) is 21.6. The molecule has 0 saturated heterocycles. The topological polar surface area (TPSA) is 66.0 Å². The second-order valence-corrected chi connectivity index (χ2v) is 8.92. The predicted octanol–water partition coefficient (Wildman–Crippen LogP) is 6.13. The fourth-order valence-corrected chi connectivity index (χ4v) is 5.78. The lowest BCUT2D eigenvalue weighted by Crippen LogP contribution is -2.13. The number of nitriles is 2. The van der Waals surface area contributed by atoms with E-state index in [4.69, 9.17) is 9.47 Å². The van der Waals surface area contributed by atoms with Crippen LogP contribution in [0.25, 0.3) is 33.0 Å². The molecular weight excluding hydrogens is 420 g/mol. The summed E-state index contributed by atoms with van der Waals surface area (Å²) < 4.78 is 11.0. The SMILES string of the molecule is COc1ccc2c(c1)CCc1c-2c2c(c3cc(C#N)c(C#N)cc13)CCc1cc(OC)ccc1-2. The number of hydrogen-bond donors (Lipinski definition) is 0. The quantitative estimate of drug-likeness (QED) is 0.374. The average molecular weight is 443 g/mol. The van der Waals surface area contributed by atoms with Crippen molar-refractivity contribution >= 4 is 10.8 Å². The molecule has 4 heteroatoms. The highest BCUT2D eigenvalue weighted by atomic mass is 16.5. The molecule has 0 atom stereocenters. The van der Waals surface area contributed by atoms with Crippen LogP contribution in [-0.2, 0) is 25.7 Å². The first-order chi connectivity index (χ1) is 16.7. The van der Waals surface area contributed by atoms with Gasteiger partial charge in [0.1, 0.15) is 23.6 Å². The van der Waals surface area contributed by atoms with E-state index in [2.05, 4.69) is 36.4 Å². The first-order valence-corrected chi connectivity index (χ1v) is 11.5. The van der Waals surface area contributed by atoms with Gasteiger partial charge in [0, 0.05) is 0 Å². The van der Waals surface area contributed by atoms with Crippen molar-refractivity contribution < 1.29 is 9.47 Å². The monoisotopic (exact) mass is 442 g/mol. The van der Waals surface area contributed by atoms with Crippen molar-refractivity contribution in [1.29, 1.82) is 10.5 Å². The number of nitrogens with zero attached hydrogens (tertiary/aromatic N) is 2. The normalized spacial score (nSPS) is 13.1. The molecule has 0 fully saturated rings. The van der Waals surface area contributed by atoms with Gasteiger partial charge in [0.2, 0.25) is 0 Å². The van der Waals surface area contributed by atoms with E-state index in [1.807, 2.05) is 24.3 Å². The molecule has 0 bridgehead atoms. The summed E-state index contributed by atoms with van der Waals surface area (Å²) in [4.78, 5) is 0. The first kappa shape index (κ1) is 20.3. The van der Waals surface area contributed by atoms with Crippen LogP contribution >= 0.6 is 0 Å². The maximum Gasteiger partial charge on any atom is 0.119 e. The molecule has 0 amide bonds. The summed E-state index contributed by atoms with van der Waals surface area (Å²) in [5.74, 6) is 1.74. The van der Waals surface area contributed by atoms with Crippen molar-refractivity contribution in [3.63, 3.8) is 0 Å². The zero-order chi connectivity index (χ0) is 23.4. The van der Waals surface area contributed by atoms with Gasteiger partial charge < -0.3 is 9.47 Å². The van der Waals surface area contributed by atoms with Gasteiger partial charge in [-0.3, -0.25) is 0 Å². The number of fused-ring (bicyclic) bond motifs is 10. The molecule has 4 aromatic carbocycles. The predicted molar refractivity (Wildman–Crippen MR) is 132 cm³/mol. The molecule has 2 aliphatic rings. The maximum absolute atomic E-state index is 9.72. The van der Waals surface area contributed by atoms with Gasteiger partial charge in [-0.1, -0.05) is 12.1 Å². The van der Waals surface area contributed by atoms with Gasteiger partial charge in [0.05, 0.1) is 25.3 Å². The molecule has 0 aromatic heterocycles. The molecule has 0 saturated carbocycles. The molecule has 0 N–H and O–H groups in total. The minimum absolute atomic E-state index is 0.443. The maximum atomic E-state index is 9.72. The zero-order valence-electron chi connectivity index (χ0n) is 19.2. The lowest BCUT2D eigenvalue weighted by Gasteiger charge is -2.31. The number of ether oxygens (including phenoxy) is 2. The average Bonchev–Trinajstić information content (AvgIpc) is 2.90. The van der Waals surface area contributed by atoms with E-state index in [1.165, 1.54) is 44.5 Å². The van der Waals surface area contributed by atoms with E-state index in [0.717, 1.165) is 48.0 Å². The molecule has 6 rings (SSSR count). The Kier molecular flexibility index (Phi) is 4.57. The van der Waals surface area contributed by atoms with E-state index >= 15 is 0 Å². The van der Waals surface area contributed by atoms with Crippen molar-refractivity contribution in [1.82, 2.24) is 0 Å². The second kappa shape index (κ2) is 7.65. The van der Waals surface area contributed by atoms with Crippen LogP contribution in [-0.4, -0.2) is 14.2 Å². The number of rotatable bonds is 2. The van der Waals surface area contributed by atoms with Crippen LogP contribution in [0.15, 0.2) is 48.5 Å². The van der Waals surface area contributed by atoms with Gasteiger partial charge in [-0.2, -0.15) is 10.5 Å². The summed E-state index contributed by atoms with van der Waals surface area (Å²) in [6.45, 7) is 0. The van der Waals surface area contributed by atoms with Crippen molar-refractivity contribution in [2.75, 3.05) is 14.2 Å². The number of methoxy groups -OCH3 is 2. The fraction of sp³-hybridized carbons (Fsp3) is 0.200. The molecule has 4 nitrogen and oxygen atoms in total. The lowest BCUT2D eigenvalue weighted by atomic mass is 9.72. The van der Waals surface area contributed by atoms with E-state index < -0.39 is 0 Å². The Balaban J connectivity index is 1.77. The van der Waals surface area contributed by atoms with Crippen LogP contribution in [0.4, 0.5) is 0 Å². The molecule has 2 aliphatic carbocycles. The van der Waals surface area contributed by atoms with Gasteiger partial charge in [-0.05, 0) is 117 Å². The van der Waals surface area contributed by atoms with Crippen molar-refractivity contribution in [3.05, 3.63) is 81.9 Å². The van der Waals surface area contributed by atoms with Gasteiger partial charge >= 0.3 is 0 Å². The third-order valence-electron chi connectivity index (χ3n) is 7.35. The highest BCUT2D eigenvalue weighted by Gasteiger charge is 2.30. The Morgan fingerprint density at radius 3 is 1.44 bits per heavy atom. The number of benzene rings is 4. The Morgan fingerprint density at radius 1 is 0.618 bits per heavy atom. The molecule has 4 aromatic rings. The fourth-order valence-electron chi connectivity index (χ4n) is 5.78. The Bertz CT molecular complexity index is 1480. The van der Waals surface area contributed by atoms with E-state index in [9.17, 15) is 10.5 Å². The highest BCUT2D eigenvalue weighted by Crippen LogP contribution is 2.50. The van der Waals surface area contributed by atoms with E-state index in [-0.39, 0.29) is 0 Å². The van der Waals surface area contributed by atoms with Crippen LogP contribution in [0.5, 0.6) is 11.5 Å². The smallest absolute Gasteiger partial charge is 0.119 e. The molecule has 0 heterocycles. The van der Waals surface area contributed by atoms with Crippen LogP contribution in [0.2, 0.25) is 0 Å². The molecule has 164 valence electrons. The Hall–Kier alpha value is -4.28. The minimum Gasteiger partial charge on any atom is -0.497 e. The van der Waals surface area contributed by atoms with Gasteiger partial charge in [-0.15, -0.1) is 0 Å². The summed E-state index contributed by atoms with van der Waals surface area (Å²) >= 11 is 0. The lowest BCUT2D eigenvalue weighted by molar-refractivity contribution is 0.414. The molecule has 0 aliphatic heterocycles. The van der Waals surface area contributed by atoms with Gasteiger partial charge in [0.25, 0.3) is 0 Å². The van der Waals surface area contributed by atoms with Crippen LogP contribution < -0.4 is 9.47 Å². The molecular formula is C30H22N2O2. The van der Waals surface area contributed by atoms with E-state index in [1.54, 1.807) is 14.2 Å². The number of aryl methyl sites for hydroxylation is 4. The molecule has 0 spiro atoms. The molecule has 0 unspecified atom stereocenters. The third-order valence-corrected chi connectivity index (χ3v) is 7.35. The summed E-state index contributed by atoms with van der Waals surface area (Å²) in [5.41, 5.74) is 10.9. The van der Waals surface area contributed by atoms with Gasteiger partial charge in [-0.25, -0.2) is 0 Å². The molecule has 0 radical (unpaired) electrons. The third kappa shape index (κ3) is 2.82. The summed E-state index contributed by atoms with van der Waals surface area (Å²) in [7, 11) is 3.40. The minimum atomic E-state index is 0.443. The van der Waals surface area contributed by atoms with E-state index in [0.29, 0.717) is 11.1 Å². The standard InChI is InChI=1S/C30H22N2O2/c1-33-21-5-9-23-17(11-21)3-7-25-27-13-19(15-31)20(16-32)14-28(27)26-8-4-18-12-22(34-2)6-10-24(18)30(26)29(23)25/h5-6,9-14H,3-4,7-8H2,1-2H3. The van der Waals surface area contributed by atoms with Crippen LogP contribution in [0, 0.1) is 22.7 Å². The highest BCUT2D eigenvalue weighted by molar-refractivity contribution is 6.06. The second-order valence-electron chi connectivity index (χ2n) is 8.92. The number of hydrogen-bond acceptors (Lipinski definition) is 4. The first-order valence-electron chi connectivity index (χ1n) is 11.5. The van der Waals surface area contributed by atoms with Crippen molar-refractivity contribution in [2.24, 2.45) is 0 Å². The van der Waals surface area contributed by atoms with Gasteiger partial charge in [0.15, 0.2) is 0 Å². The zero-order valence-corrected chi connectivity index (χ0v) is 19.2. The largest absolute Gasteiger partial charge is 0.497 e. The van der Waals surface area contributed by atoms with Crippen molar-refractivity contribution in [2.45, 2.75) is 25.7 Å². The molecule has 34 heavy (non-hydrogen) atoms.